The van der Waals surface area contributed by atoms with Crippen LogP contribution < -0.4 is 4.74 Å². The Bertz CT molecular complexity index is 362. The van der Waals surface area contributed by atoms with E-state index in [2.05, 4.69) is 5.16 Å². The molecule has 0 aliphatic heterocycles. The molecule has 18 heavy (non-hydrogen) atoms. The highest BCUT2D eigenvalue weighted by molar-refractivity contribution is 5.83. The molecule has 0 saturated heterocycles. The van der Waals surface area contributed by atoms with Gasteiger partial charge in [-0.2, -0.15) is 0 Å². The third kappa shape index (κ3) is 5.65. The van der Waals surface area contributed by atoms with Crippen molar-refractivity contribution in [2.75, 3.05) is 26.4 Å². The van der Waals surface area contributed by atoms with Gasteiger partial charge in [-0.1, -0.05) is 17.3 Å². The van der Waals surface area contributed by atoms with Gasteiger partial charge in [0.1, 0.15) is 12.4 Å². The summed E-state index contributed by atoms with van der Waals surface area (Å²) in [6.07, 6.45) is 0.621. The topological polar surface area (TPSA) is 71.3 Å². The molecule has 0 unspecified atom stereocenters. The fraction of sp³-hybridized carbons (Fsp3) is 0.462. The number of oxime groups is 1. The first-order valence-corrected chi connectivity index (χ1v) is 5.84. The summed E-state index contributed by atoms with van der Waals surface area (Å²) in [7, 11) is 0. The Balaban J connectivity index is 2.31. The Labute approximate surface area is 107 Å². The number of ether oxygens (including phenoxy) is 2. The standard InChI is InChI=1S/C13H19NO4/c1-11(14-16)10-12-2-4-13(5-3-12)18-9-8-17-7-6-15/h2-5,15-16H,6-10H2,1H3/b14-11-. The van der Waals surface area contributed by atoms with E-state index in [1.165, 1.54) is 0 Å². The van der Waals surface area contributed by atoms with Crippen molar-refractivity contribution in [3.8, 4) is 5.75 Å². The van der Waals surface area contributed by atoms with E-state index < -0.39 is 0 Å². The molecule has 0 amide bonds. The molecule has 5 nitrogen and oxygen atoms in total. The Morgan fingerprint density at radius 1 is 1.17 bits per heavy atom. The van der Waals surface area contributed by atoms with Gasteiger partial charge in [0.2, 0.25) is 0 Å². The van der Waals surface area contributed by atoms with Crippen molar-refractivity contribution in [2.45, 2.75) is 13.3 Å². The van der Waals surface area contributed by atoms with Crippen LogP contribution in [0.1, 0.15) is 12.5 Å². The molecule has 0 spiro atoms. The molecule has 100 valence electrons. The van der Waals surface area contributed by atoms with Crippen LogP contribution >= 0.6 is 0 Å². The van der Waals surface area contributed by atoms with Gasteiger partial charge in [-0.3, -0.25) is 0 Å². The molecule has 0 aliphatic rings. The molecule has 2 N–H and O–H groups in total. The average Bonchev–Trinajstić information content (AvgIpc) is 2.40. The van der Waals surface area contributed by atoms with Crippen LogP contribution in [0.3, 0.4) is 0 Å². The molecule has 0 fully saturated rings. The lowest BCUT2D eigenvalue weighted by Crippen LogP contribution is -2.09. The van der Waals surface area contributed by atoms with Crippen molar-refractivity contribution in [1.82, 2.24) is 0 Å². The minimum atomic E-state index is 0.0282. The molecule has 1 aromatic carbocycles. The predicted molar refractivity (Wildman–Crippen MR) is 68.4 cm³/mol. The van der Waals surface area contributed by atoms with Gasteiger partial charge < -0.3 is 19.8 Å². The number of aliphatic hydroxyl groups is 1. The third-order valence-electron chi connectivity index (χ3n) is 2.29. The van der Waals surface area contributed by atoms with Gasteiger partial charge in [-0.25, -0.2) is 0 Å². The normalized spacial score (nSPS) is 11.6. The fourth-order valence-corrected chi connectivity index (χ4v) is 1.42. The summed E-state index contributed by atoms with van der Waals surface area (Å²) in [5.74, 6) is 0.768. The molecule has 5 heteroatoms. The Morgan fingerprint density at radius 2 is 1.89 bits per heavy atom. The van der Waals surface area contributed by atoms with Gasteiger partial charge in [-0.05, 0) is 24.6 Å². The molecule has 0 saturated carbocycles. The summed E-state index contributed by atoms with van der Waals surface area (Å²) in [6, 6.07) is 7.59. The largest absolute Gasteiger partial charge is 0.491 e. The van der Waals surface area contributed by atoms with Crippen LogP contribution in [0, 0.1) is 0 Å². The second kappa shape index (κ2) is 8.49. The molecule has 0 aliphatic carbocycles. The quantitative estimate of drug-likeness (QED) is 0.318. The van der Waals surface area contributed by atoms with Gasteiger partial charge in [-0.15, -0.1) is 0 Å². The second-order valence-corrected chi connectivity index (χ2v) is 3.84. The van der Waals surface area contributed by atoms with Crippen molar-refractivity contribution >= 4 is 5.71 Å². The number of hydrogen-bond donors (Lipinski definition) is 2. The highest BCUT2D eigenvalue weighted by Gasteiger charge is 1.98. The zero-order chi connectivity index (χ0) is 13.2. The van der Waals surface area contributed by atoms with E-state index in [1.54, 1.807) is 6.92 Å². The lowest BCUT2D eigenvalue weighted by atomic mass is 10.1. The predicted octanol–water partition coefficient (Wildman–Crippen LogP) is 1.47. The van der Waals surface area contributed by atoms with Crippen molar-refractivity contribution in [3.63, 3.8) is 0 Å². The number of aliphatic hydroxyl groups excluding tert-OH is 1. The monoisotopic (exact) mass is 253 g/mol. The molecular formula is C13H19NO4. The summed E-state index contributed by atoms with van der Waals surface area (Å²) in [4.78, 5) is 0. The molecule has 0 aromatic heterocycles. The maximum Gasteiger partial charge on any atom is 0.119 e. The minimum absolute atomic E-state index is 0.0282. The van der Waals surface area contributed by atoms with Gasteiger partial charge in [0.25, 0.3) is 0 Å². The van der Waals surface area contributed by atoms with Crippen molar-refractivity contribution in [1.29, 1.82) is 0 Å². The number of hydrogen-bond acceptors (Lipinski definition) is 5. The highest BCUT2D eigenvalue weighted by atomic mass is 16.5. The molecular weight excluding hydrogens is 234 g/mol. The second-order valence-electron chi connectivity index (χ2n) is 3.84. The summed E-state index contributed by atoms with van der Waals surface area (Å²) in [5, 5.41) is 20.2. The maximum atomic E-state index is 8.57. The minimum Gasteiger partial charge on any atom is -0.491 e. The molecule has 0 heterocycles. The van der Waals surface area contributed by atoms with Crippen LogP contribution in [0.15, 0.2) is 29.4 Å². The zero-order valence-electron chi connectivity index (χ0n) is 10.5. The van der Waals surface area contributed by atoms with E-state index in [4.69, 9.17) is 19.8 Å². The third-order valence-corrected chi connectivity index (χ3v) is 2.29. The van der Waals surface area contributed by atoms with Crippen LogP contribution in [-0.4, -0.2) is 42.5 Å². The number of benzene rings is 1. The van der Waals surface area contributed by atoms with Gasteiger partial charge in [0, 0.05) is 6.42 Å². The lowest BCUT2D eigenvalue weighted by Gasteiger charge is -2.07. The van der Waals surface area contributed by atoms with Gasteiger partial charge in [0.15, 0.2) is 0 Å². The molecule has 0 atom stereocenters. The van der Waals surface area contributed by atoms with Gasteiger partial charge in [0.05, 0.1) is 25.5 Å². The van der Waals surface area contributed by atoms with Crippen LogP contribution in [-0.2, 0) is 11.2 Å². The lowest BCUT2D eigenvalue weighted by molar-refractivity contribution is 0.0705. The average molecular weight is 253 g/mol. The smallest absolute Gasteiger partial charge is 0.119 e. The summed E-state index contributed by atoms with van der Waals surface area (Å²) < 4.78 is 10.5. The molecule has 1 rings (SSSR count). The first-order chi connectivity index (χ1) is 8.76. The van der Waals surface area contributed by atoms with Crippen molar-refractivity contribution in [3.05, 3.63) is 29.8 Å². The van der Waals surface area contributed by atoms with Crippen LogP contribution in [0.4, 0.5) is 0 Å². The van der Waals surface area contributed by atoms with Crippen molar-refractivity contribution in [2.24, 2.45) is 5.16 Å². The zero-order valence-corrected chi connectivity index (χ0v) is 10.5. The fourth-order valence-electron chi connectivity index (χ4n) is 1.42. The van der Waals surface area contributed by atoms with Crippen molar-refractivity contribution < 1.29 is 19.8 Å². The van der Waals surface area contributed by atoms with E-state index >= 15 is 0 Å². The Morgan fingerprint density at radius 3 is 2.50 bits per heavy atom. The summed E-state index contributed by atoms with van der Waals surface area (Å²) in [5.41, 5.74) is 1.73. The Kier molecular flexibility index (Phi) is 6.83. The van der Waals surface area contributed by atoms with E-state index in [0.29, 0.717) is 32.0 Å². The van der Waals surface area contributed by atoms with E-state index in [0.717, 1.165) is 11.3 Å². The first-order valence-electron chi connectivity index (χ1n) is 5.84. The summed E-state index contributed by atoms with van der Waals surface area (Å²) in [6.45, 7) is 3.04. The van der Waals surface area contributed by atoms with E-state index in [-0.39, 0.29) is 6.61 Å². The van der Waals surface area contributed by atoms with E-state index in [9.17, 15) is 0 Å². The number of rotatable bonds is 8. The van der Waals surface area contributed by atoms with Crippen LogP contribution in [0.5, 0.6) is 5.75 Å². The SMILES string of the molecule is C/C(Cc1ccc(OCCOCCO)cc1)=N/O. The van der Waals surface area contributed by atoms with Crippen LogP contribution in [0.2, 0.25) is 0 Å². The number of nitrogens with zero attached hydrogens (tertiary/aromatic N) is 1. The van der Waals surface area contributed by atoms with Gasteiger partial charge >= 0.3 is 0 Å². The maximum absolute atomic E-state index is 8.57. The first kappa shape index (κ1) is 14.5. The highest BCUT2D eigenvalue weighted by Crippen LogP contribution is 2.12. The molecule has 0 radical (unpaired) electrons. The van der Waals surface area contributed by atoms with E-state index in [1.807, 2.05) is 24.3 Å². The molecule has 0 bridgehead atoms. The summed E-state index contributed by atoms with van der Waals surface area (Å²) >= 11 is 0. The van der Waals surface area contributed by atoms with Crippen LogP contribution in [0.25, 0.3) is 0 Å². The molecule has 1 aromatic rings. The Hall–Kier alpha value is -1.59.